The minimum Gasteiger partial charge on any atom is -0.463 e. The maximum Gasteiger partial charge on any atom is 0.338 e. The fourth-order valence-corrected chi connectivity index (χ4v) is 3.02. The van der Waals surface area contributed by atoms with Gasteiger partial charge in [-0.2, -0.15) is 0 Å². The van der Waals surface area contributed by atoms with E-state index in [0.29, 0.717) is 17.4 Å². The smallest absolute Gasteiger partial charge is 0.338 e. The van der Waals surface area contributed by atoms with Crippen molar-refractivity contribution in [1.82, 2.24) is 10.2 Å². The predicted octanol–water partition coefficient (Wildman–Crippen LogP) is 3.05. The number of benzene rings is 1. The van der Waals surface area contributed by atoms with Gasteiger partial charge in [-0.1, -0.05) is 6.07 Å². The lowest BCUT2D eigenvalue weighted by atomic mass is 9.94. The van der Waals surface area contributed by atoms with Gasteiger partial charge in [-0.15, -0.1) is 0 Å². The number of nitrogens with one attached hydrogen (secondary N) is 1. The normalized spacial score (nSPS) is 18.0. The lowest BCUT2D eigenvalue weighted by Crippen LogP contribution is -2.48. The van der Waals surface area contributed by atoms with Crippen molar-refractivity contribution in [2.45, 2.75) is 26.8 Å². The summed E-state index contributed by atoms with van der Waals surface area (Å²) in [6.45, 7) is 5.91. The van der Waals surface area contributed by atoms with Crippen molar-refractivity contribution in [2.75, 3.05) is 13.2 Å². The van der Waals surface area contributed by atoms with Crippen LogP contribution < -0.4 is 5.32 Å². The van der Waals surface area contributed by atoms with E-state index in [2.05, 4.69) is 5.32 Å². The van der Waals surface area contributed by atoms with Crippen molar-refractivity contribution in [3.8, 4) is 0 Å². The highest BCUT2D eigenvalue weighted by Crippen LogP contribution is 2.33. The Bertz CT molecular complexity index is 656. The zero-order chi connectivity index (χ0) is 17.1. The van der Waals surface area contributed by atoms with Crippen LogP contribution in [0.3, 0.4) is 0 Å². The van der Waals surface area contributed by atoms with Gasteiger partial charge >= 0.3 is 5.97 Å². The molecule has 0 aliphatic carbocycles. The summed E-state index contributed by atoms with van der Waals surface area (Å²) in [7, 11) is 0. The Hall–Kier alpha value is -2.02. The number of halogens is 2. The molecule has 4 nitrogen and oxygen atoms in total. The van der Waals surface area contributed by atoms with E-state index >= 15 is 0 Å². The highest BCUT2D eigenvalue weighted by atomic mass is 32.1. The molecule has 7 heteroatoms. The molecule has 2 rings (SSSR count). The Balaban J connectivity index is 2.63. The summed E-state index contributed by atoms with van der Waals surface area (Å²) in [6, 6.07) is 2.54. The molecule has 0 unspecified atom stereocenters. The van der Waals surface area contributed by atoms with E-state index in [1.54, 1.807) is 18.7 Å². The third kappa shape index (κ3) is 3.19. The number of hydrogen-bond donors (Lipinski definition) is 1. The molecule has 0 saturated heterocycles. The second-order valence-corrected chi connectivity index (χ2v) is 5.37. The van der Waals surface area contributed by atoms with Gasteiger partial charge in [-0.25, -0.2) is 13.6 Å². The van der Waals surface area contributed by atoms with Gasteiger partial charge in [0, 0.05) is 12.2 Å². The topological polar surface area (TPSA) is 41.6 Å². The van der Waals surface area contributed by atoms with Gasteiger partial charge in [0.05, 0.1) is 23.8 Å². The number of allylic oxidation sites excluding steroid dienone is 1. The van der Waals surface area contributed by atoms with Gasteiger partial charge < -0.3 is 15.0 Å². The summed E-state index contributed by atoms with van der Waals surface area (Å²) < 4.78 is 33.4. The Morgan fingerprint density at radius 1 is 1.35 bits per heavy atom. The zero-order valence-electron chi connectivity index (χ0n) is 13.2. The minimum atomic E-state index is -1.02. The van der Waals surface area contributed by atoms with Crippen molar-refractivity contribution in [3.63, 3.8) is 0 Å². The maximum atomic E-state index is 14.2. The molecule has 1 aliphatic heterocycles. The summed E-state index contributed by atoms with van der Waals surface area (Å²) in [5.74, 6) is -2.11. The first kappa shape index (κ1) is 17.3. The van der Waals surface area contributed by atoms with Gasteiger partial charge in [0.2, 0.25) is 0 Å². The molecule has 1 atom stereocenters. The molecule has 0 radical (unpaired) electrons. The van der Waals surface area contributed by atoms with Crippen LogP contribution in [-0.2, 0) is 9.53 Å². The van der Waals surface area contributed by atoms with Crippen molar-refractivity contribution < 1.29 is 18.3 Å². The maximum absolute atomic E-state index is 14.2. The quantitative estimate of drug-likeness (QED) is 0.674. The lowest BCUT2D eigenvalue weighted by Gasteiger charge is -2.37. The standard InChI is InChI=1S/C16H18F2N2O2S/c1-4-20-9(3)12(15(21)22-5-2)14(19-16(20)23)13-10(17)7-6-8-11(13)18/h6-8,14H,4-5H2,1-3H3,(H,19,23)/t14-/m0/s1. The van der Waals surface area contributed by atoms with Gasteiger partial charge in [0.25, 0.3) is 0 Å². The highest BCUT2D eigenvalue weighted by Gasteiger charge is 2.36. The van der Waals surface area contributed by atoms with E-state index < -0.39 is 23.6 Å². The molecule has 1 aromatic rings. The molecule has 0 amide bonds. The van der Waals surface area contributed by atoms with Crippen molar-refractivity contribution in [3.05, 3.63) is 46.7 Å². The third-order valence-corrected chi connectivity index (χ3v) is 4.03. The summed E-state index contributed by atoms with van der Waals surface area (Å²) in [5, 5.41) is 3.16. The van der Waals surface area contributed by atoms with Crippen molar-refractivity contribution >= 4 is 23.3 Å². The molecule has 0 saturated carbocycles. The Morgan fingerprint density at radius 2 is 1.96 bits per heavy atom. The zero-order valence-corrected chi connectivity index (χ0v) is 14.0. The molecular formula is C16H18F2N2O2S. The number of esters is 1. The van der Waals surface area contributed by atoms with E-state index in [-0.39, 0.29) is 17.7 Å². The lowest BCUT2D eigenvalue weighted by molar-refractivity contribution is -0.139. The molecule has 1 heterocycles. The first-order chi connectivity index (χ1) is 10.9. The molecule has 124 valence electrons. The van der Waals surface area contributed by atoms with E-state index in [4.69, 9.17) is 17.0 Å². The highest BCUT2D eigenvalue weighted by molar-refractivity contribution is 7.80. The molecule has 0 aromatic heterocycles. The molecule has 1 aromatic carbocycles. The molecule has 0 bridgehead atoms. The molecule has 0 spiro atoms. The van der Waals surface area contributed by atoms with Crippen LogP contribution in [0.25, 0.3) is 0 Å². The average Bonchev–Trinajstić information content (AvgIpc) is 2.47. The molecular weight excluding hydrogens is 322 g/mol. The molecule has 0 fully saturated rings. The number of ether oxygens (including phenoxy) is 1. The number of nitrogens with zero attached hydrogens (tertiary/aromatic N) is 1. The number of hydrogen-bond acceptors (Lipinski definition) is 3. The Kier molecular flexibility index (Phi) is 5.30. The Morgan fingerprint density at radius 3 is 2.48 bits per heavy atom. The fraction of sp³-hybridized carbons (Fsp3) is 0.375. The van der Waals surface area contributed by atoms with Crippen LogP contribution in [0.15, 0.2) is 29.5 Å². The molecule has 1 N–H and O–H groups in total. The number of rotatable bonds is 4. The van der Waals surface area contributed by atoms with Gasteiger partial charge in [0.1, 0.15) is 11.6 Å². The number of carbonyl (C=O) groups excluding carboxylic acids is 1. The van der Waals surface area contributed by atoms with Gasteiger partial charge in [-0.05, 0) is 45.1 Å². The van der Waals surface area contributed by atoms with E-state index in [0.717, 1.165) is 12.1 Å². The summed E-state index contributed by atoms with van der Waals surface area (Å²) in [4.78, 5) is 14.0. The Labute approximate surface area is 139 Å². The summed E-state index contributed by atoms with van der Waals surface area (Å²) in [5.41, 5.74) is 0.446. The summed E-state index contributed by atoms with van der Waals surface area (Å²) in [6.07, 6.45) is 0. The van der Waals surface area contributed by atoms with Crippen LogP contribution in [0, 0.1) is 11.6 Å². The molecule has 1 aliphatic rings. The van der Waals surface area contributed by atoms with Crippen LogP contribution in [-0.4, -0.2) is 29.1 Å². The first-order valence-electron chi connectivity index (χ1n) is 7.32. The van der Waals surface area contributed by atoms with Crippen LogP contribution in [0.5, 0.6) is 0 Å². The van der Waals surface area contributed by atoms with Gasteiger partial charge in [-0.3, -0.25) is 0 Å². The SMILES string of the molecule is CCOC(=O)C1=C(C)N(CC)C(=S)N[C@@H]1c1c(F)cccc1F. The van der Waals surface area contributed by atoms with Crippen LogP contribution in [0.1, 0.15) is 32.4 Å². The van der Waals surface area contributed by atoms with Crippen molar-refractivity contribution in [1.29, 1.82) is 0 Å². The van der Waals surface area contributed by atoms with E-state index in [1.165, 1.54) is 6.07 Å². The van der Waals surface area contributed by atoms with Crippen molar-refractivity contribution in [2.24, 2.45) is 0 Å². The second kappa shape index (κ2) is 7.04. The average molecular weight is 340 g/mol. The van der Waals surface area contributed by atoms with E-state index in [1.807, 2.05) is 6.92 Å². The number of carbonyl (C=O) groups is 1. The van der Waals surface area contributed by atoms with Gasteiger partial charge in [0.15, 0.2) is 5.11 Å². The fourth-order valence-electron chi connectivity index (χ4n) is 2.64. The summed E-state index contributed by atoms with van der Waals surface area (Å²) >= 11 is 5.25. The first-order valence-corrected chi connectivity index (χ1v) is 7.72. The van der Waals surface area contributed by atoms with E-state index in [9.17, 15) is 13.6 Å². The minimum absolute atomic E-state index is 0.159. The number of thiocarbonyl (C=S) groups is 1. The van der Waals surface area contributed by atoms with Crippen LogP contribution in [0.2, 0.25) is 0 Å². The van der Waals surface area contributed by atoms with Crippen LogP contribution >= 0.6 is 12.2 Å². The van der Waals surface area contributed by atoms with Crippen LogP contribution in [0.4, 0.5) is 8.78 Å². The second-order valence-electron chi connectivity index (χ2n) is 4.98. The molecule has 23 heavy (non-hydrogen) atoms. The third-order valence-electron chi connectivity index (χ3n) is 3.70. The largest absolute Gasteiger partial charge is 0.463 e. The predicted molar refractivity (Wildman–Crippen MR) is 86.5 cm³/mol. The monoisotopic (exact) mass is 340 g/mol.